The van der Waals surface area contributed by atoms with Crippen molar-refractivity contribution < 1.29 is 4.74 Å². The van der Waals surface area contributed by atoms with E-state index in [1.54, 1.807) is 13.4 Å². The molecule has 0 spiro atoms. The Kier molecular flexibility index (Phi) is 9.29. The average Bonchev–Trinajstić information content (AvgIpc) is 2.54. The Hall–Kier alpha value is -0.321. The number of hydrogen-bond donors (Lipinski definition) is 0. The first-order valence-corrected chi connectivity index (χ1v) is 16.1. The van der Waals surface area contributed by atoms with Gasteiger partial charge >= 0.3 is 135 Å². The third-order valence-electron chi connectivity index (χ3n) is 4.43. The molecule has 0 unspecified atom stereocenters. The number of hydrogen-bond acceptors (Lipinski definition) is 3. The maximum absolute atomic E-state index is 5.62. The molecule has 0 bridgehead atoms. The Morgan fingerprint density at radius 1 is 0.952 bits per heavy atom. The summed E-state index contributed by atoms with van der Waals surface area (Å²) in [4.78, 5) is 8.91. The van der Waals surface area contributed by atoms with Crippen molar-refractivity contribution in [3.05, 3.63) is 12.5 Å². The van der Waals surface area contributed by atoms with E-state index in [1.807, 2.05) is 6.20 Å². The molecule has 0 aliphatic heterocycles. The first-order valence-electron chi connectivity index (χ1n) is 8.58. The Balaban J connectivity index is 3.16. The minimum atomic E-state index is -2.47. The van der Waals surface area contributed by atoms with E-state index in [1.165, 1.54) is 55.5 Å². The zero-order valence-electron chi connectivity index (χ0n) is 14.3. The fraction of sp³-hybridized carbons (Fsp3) is 0.765. The van der Waals surface area contributed by atoms with Crippen LogP contribution in [0.25, 0.3) is 0 Å². The van der Waals surface area contributed by atoms with Gasteiger partial charge in [0.15, 0.2) is 0 Å². The van der Waals surface area contributed by atoms with E-state index in [9.17, 15) is 0 Å². The van der Waals surface area contributed by atoms with Crippen LogP contribution in [-0.4, -0.2) is 35.5 Å². The Morgan fingerprint density at radius 3 is 1.90 bits per heavy atom. The second-order valence-corrected chi connectivity index (χ2v) is 19.0. The van der Waals surface area contributed by atoms with Crippen molar-refractivity contribution in [2.45, 2.75) is 72.6 Å². The van der Waals surface area contributed by atoms with Crippen molar-refractivity contribution in [2.75, 3.05) is 7.11 Å². The first kappa shape index (κ1) is 18.7. The normalized spacial score (nSPS) is 11.6. The number of rotatable bonds is 11. The van der Waals surface area contributed by atoms with Gasteiger partial charge in [-0.15, -0.1) is 0 Å². The Labute approximate surface area is 134 Å². The first-order chi connectivity index (χ1) is 10.2. The average molecular weight is 399 g/mol. The van der Waals surface area contributed by atoms with Crippen LogP contribution in [-0.2, 0) is 0 Å². The third kappa shape index (κ3) is 5.42. The summed E-state index contributed by atoms with van der Waals surface area (Å²) in [6.45, 7) is 6.90. The van der Waals surface area contributed by atoms with E-state index >= 15 is 0 Å². The van der Waals surface area contributed by atoms with Crippen molar-refractivity contribution in [2.24, 2.45) is 0 Å². The predicted molar refractivity (Wildman–Crippen MR) is 93.1 cm³/mol. The van der Waals surface area contributed by atoms with Crippen LogP contribution in [0.1, 0.15) is 59.3 Å². The molecule has 1 aromatic heterocycles. The van der Waals surface area contributed by atoms with Gasteiger partial charge in [-0.3, -0.25) is 0 Å². The molecule has 0 atom stereocenters. The molecule has 0 fully saturated rings. The molecule has 1 heterocycles. The molecule has 0 aliphatic rings. The van der Waals surface area contributed by atoms with Gasteiger partial charge in [-0.05, 0) is 0 Å². The van der Waals surface area contributed by atoms with Crippen molar-refractivity contribution in [3.8, 4) is 5.75 Å². The van der Waals surface area contributed by atoms with Gasteiger partial charge in [0, 0.05) is 0 Å². The van der Waals surface area contributed by atoms with Gasteiger partial charge in [0.05, 0.1) is 0 Å². The summed E-state index contributed by atoms with van der Waals surface area (Å²) in [5.74, 6) is 0.955. The van der Waals surface area contributed by atoms with E-state index in [0.29, 0.717) is 0 Å². The maximum atomic E-state index is 5.62. The third-order valence-corrected chi connectivity index (χ3v) is 19.6. The van der Waals surface area contributed by atoms with Crippen LogP contribution in [0.15, 0.2) is 12.5 Å². The molecule has 0 aliphatic carbocycles. The molecule has 1 rings (SSSR count). The van der Waals surface area contributed by atoms with Crippen LogP contribution in [0.4, 0.5) is 0 Å². The molecular weight excluding hydrogens is 367 g/mol. The molecule has 3 nitrogen and oxygen atoms in total. The summed E-state index contributed by atoms with van der Waals surface area (Å²) in [7, 11) is 1.76. The van der Waals surface area contributed by atoms with Crippen molar-refractivity contribution in [1.82, 2.24) is 9.97 Å². The molecule has 21 heavy (non-hydrogen) atoms. The van der Waals surface area contributed by atoms with Gasteiger partial charge in [-0.1, -0.05) is 0 Å². The summed E-state index contributed by atoms with van der Waals surface area (Å²) in [6, 6.07) is 0. The van der Waals surface area contributed by atoms with E-state index in [4.69, 9.17) is 9.72 Å². The van der Waals surface area contributed by atoms with E-state index in [-0.39, 0.29) is 0 Å². The molecule has 0 radical (unpaired) electrons. The standard InChI is InChI=1S/C5H5N2O.3C4H9.Sn/c1-8-5-2-6-4-7-3-5;3*1-3-4-2;/h2,4H,1H3;3*1,3-4H2,2H3;. The van der Waals surface area contributed by atoms with Crippen molar-refractivity contribution >= 4 is 22.1 Å². The molecule has 120 valence electrons. The van der Waals surface area contributed by atoms with Crippen LogP contribution in [0, 0.1) is 0 Å². The van der Waals surface area contributed by atoms with Crippen molar-refractivity contribution in [3.63, 3.8) is 0 Å². The van der Waals surface area contributed by atoms with Crippen LogP contribution in [0.5, 0.6) is 5.75 Å². The van der Waals surface area contributed by atoms with Crippen LogP contribution in [0.2, 0.25) is 13.3 Å². The summed E-state index contributed by atoms with van der Waals surface area (Å²) < 4.78 is 11.2. The van der Waals surface area contributed by atoms with Gasteiger partial charge in [0.25, 0.3) is 0 Å². The van der Waals surface area contributed by atoms with Gasteiger partial charge in [0.1, 0.15) is 0 Å². The number of nitrogens with zero attached hydrogens (tertiary/aromatic N) is 2. The number of aromatic nitrogens is 2. The molecule has 4 heteroatoms. The predicted octanol–water partition coefficient (Wildman–Crippen LogP) is 4.54. The fourth-order valence-electron chi connectivity index (χ4n) is 3.14. The molecule has 0 saturated heterocycles. The molecule has 1 aromatic rings. The van der Waals surface area contributed by atoms with Crippen molar-refractivity contribution in [1.29, 1.82) is 0 Å². The van der Waals surface area contributed by atoms with Gasteiger partial charge in [-0.2, -0.15) is 0 Å². The molecule has 0 amide bonds. The molecular formula is C17H32N2OSn. The number of ether oxygens (including phenoxy) is 1. The molecule has 0 aromatic carbocycles. The zero-order chi connectivity index (χ0) is 15.6. The van der Waals surface area contributed by atoms with Gasteiger partial charge in [-0.25, -0.2) is 0 Å². The summed E-state index contributed by atoms with van der Waals surface area (Å²) in [5, 5.41) is 0. The number of unbranched alkanes of at least 4 members (excludes halogenated alkanes) is 3. The summed E-state index contributed by atoms with van der Waals surface area (Å²) in [5.41, 5.74) is 0. The second-order valence-electron chi connectivity index (χ2n) is 6.03. The van der Waals surface area contributed by atoms with Crippen LogP contribution < -0.4 is 8.45 Å². The topological polar surface area (TPSA) is 35.0 Å². The van der Waals surface area contributed by atoms with Gasteiger partial charge in [0.2, 0.25) is 0 Å². The number of methoxy groups -OCH3 is 1. The second kappa shape index (κ2) is 10.4. The Morgan fingerprint density at radius 2 is 1.48 bits per heavy atom. The Bertz CT molecular complexity index is 376. The van der Waals surface area contributed by atoms with Gasteiger partial charge < -0.3 is 0 Å². The minimum absolute atomic E-state index is 0.955. The molecule has 0 N–H and O–H groups in total. The van der Waals surface area contributed by atoms with Crippen LogP contribution >= 0.6 is 0 Å². The quantitative estimate of drug-likeness (QED) is 0.513. The van der Waals surface area contributed by atoms with E-state index < -0.39 is 18.4 Å². The van der Waals surface area contributed by atoms with E-state index in [2.05, 4.69) is 25.8 Å². The fourth-order valence-corrected chi connectivity index (χ4v) is 19.0. The molecule has 0 saturated carbocycles. The van der Waals surface area contributed by atoms with E-state index in [0.717, 1.165) is 5.75 Å². The van der Waals surface area contributed by atoms with Crippen LogP contribution in [0.3, 0.4) is 0 Å². The monoisotopic (exact) mass is 400 g/mol. The summed E-state index contributed by atoms with van der Waals surface area (Å²) >= 11 is -2.47. The zero-order valence-corrected chi connectivity index (χ0v) is 17.2. The SMILES string of the molecule is CCC[CH2][Sn]([CH2]CCC)([CH2]CCC)[c]1ncncc1OC. The summed E-state index contributed by atoms with van der Waals surface area (Å²) in [6.07, 6.45) is 11.5.